The molecule has 0 radical (unpaired) electrons. The smallest absolute Gasteiger partial charge is 0.161 e. The minimum absolute atomic E-state index is 0.162. The Morgan fingerprint density at radius 1 is 0.966 bits per heavy atom. The van der Waals surface area contributed by atoms with Gasteiger partial charge in [-0.05, 0) is 47.5 Å². The lowest BCUT2D eigenvalue weighted by atomic mass is 9.97. The topological polar surface area (TPSA) is 34.1 Å². The summed E-state index contributed by atoms with van der Waals surface area (Å²) in [6, 6.07) is 20.3. The quantitative estimate of drug-likeness (QED) is 0.476. The number of ether oxygens (including phenoxy) is 2. The number of rotatable bonds is 5. The second-order valence-electron chi connectivity index (χ2n) is 6.68. The minimum Gasteiger partial charge on any atom is -0.493 e. The molecule has 1 heterocycles. The number of methoxy groups -OCH3 is 2. The van der Waals surface area contributed by atoms with E-state index in [1.54, 1.807) is 31.4 Å². The lowest BCUT2D eigenvalue weighted by Crippen LogP contribution is -2.19. The van der Waals surface area contributed by atoms with Gasteiger partial charge in [-0.25, -0.2) is 4.39 Å². The zero-order valence-corrected chi connectivity index (χ0v) is 17.7. The number of hydrazone groups is 1. The van der Waals surface area contributed by atoms with E-state index in [0.717, 1.165) is 21.3 Å². The van der Waals surface area contributed by atoms with Gasteiger partial charge in [0.15, 0.2) is 11.5 Å². The summed E-state index contributed by atoms with van der Waals surface area (Å²) in [5.74, 6) is 0.982. The van der Waals surface area contributed by atoms with Crippen molar-refractivity contribution in [3.8, 4) is 11.5 Å². The number of halogens is 2. The van der Waals surface area contributed by atoms with Gasteiger partial charge in [-0.3, -0.25) is 5.01 Å². The normalized spacial score (nSPS) is 15.9. The number of hydrogen-bond acceptors (Lipinski definition) is 4. The summed E-state index contributed by atoms with van der Waals surface area (Å²) >= 11 is 3.46. The third-order valence-electron chi connectivity index (χ3n) is 4.98. The van der Waals surface area contributed by atoms with Crippen LogP contribution in [0.25, 0.3) is 0 Å². The average molecular weight is 455 g/mol. The van der Waals surface area contributed by atoms with Gasteiger partial charge in [0, 0.05) is 10.9 Å². The predicted octanol–water partition coefficient (Wildman–Crippen LogP) is 5.96. The van der Waals surface area contributed by atoms with Crippen LogP contribution in [0.3, 0.4) is 0 Å². The fourth-order valence-corrected chi connectivity index (χ4v) is 3.77. The van der Waals surface area contributed by atoms with Gasteiger partial charge in [-0.15, -0.1) is 0 Å². The summed E-state index contributed by atoms with van der Waals surface area (Å²) in [5, 5.41) is 6.56. The monoisotopic (exact) mass is 454 g/mol. The number of para-hydroxylation sites is 1. The van der Waals surface area contributed by atoms with Crippen LogP contribution in [0.1, 0.15) is 23.6 Å². The highest BCUT2D eigenvalue weighted by molar-refractivity contribution is 9.10. The van der Waals surface area contributed by atoms with E-state index in [1.807, 2.05) is 48.5 Å². The summed E-state index contributed by atoms with van der Waals surface area (Å²) in [4.78, 5) is 0. The first kappa shape index (κ1) is 19.5. The Kier molecular flexibility index (Phi) is 5.53. The number of benzene rings is 3. The molecule has 148 valence electrons. The van der Waals surface area contributed by atoms with E-state index < -0.39 is 0 Å². The molecule has 0 amide bonds. The fourth-order valence-electron chi connectivity index (χ4n) is 3.51. The molecule has 0 aromatic heterocycles. The lowest BCUT2D eigenvalue weighted by Gasteiger charge is -2.25. The van der Waals surface area contributed by atoms with Gasteiger partial charge < -0.3 is 9.47 Å². The Balaban J connectivity index is 1.78. The zero-order valence-electron chi connectivity index (χ0n) is 16.1. The van der Waals surface area contributed by atoms with Crippen molar-refractivity contribution in [1.29, 1.82) is 0 Å². The summed E-state index contributed by atoms with van der Waals surface area (Å²) in [6.07, 6.45) is 0.644. The van der Waals surface area contributed by atoms with Crippen molar-refractivity contribution in [3.63, 3.8) is 0 Å². The highest BCUT2D eigenvalue weighted by Gasteiger charge is 2.32. The second-order valence-corrected chi connectivity index (χ2v) is 7.60. The third kappa shape index (κ3) is 3.85. The van der Waals surface area contributed by atoms with Crippen LogP contribution in [0.5, 0.6) is 11.5 Å². The van der Waals surface area contributed by atoms with Gasteiger partial charge in [-0.2, -0.15) is 5.10 Å². The van der Waals surface area contributed by atoms with E-state index in [0.29, 0.717) is 23.6 Å². The first-order valence-electron chi connectivity index (χ1n) is 9.20. The van der Waals surface area contributed by atoms with E-state index in [-0.39, 0.29) is 11.9 Å². The molecule has 4 nitrogen and oxygen atoms in total. The molecule has 0 spiro atoms. The summed E-state index contributed by atoms with van der Waals surface area (Å²) < 4.78 is 26.4. The highest BCUT2D eigenvalue weighted by atomic mass is 79.9. The molecule has 1 aliphatic heterocycles. The molecule has 29 heavy (non-hydrogen) atoms. The Labute approximate surface area is 177 Å². The standard InChI is InChI=1S/C23H20BrFN2O2/c1-28-22-12-9-16(13-23(22)29-2)21-14-19(15-7-10-17(24)11-8-15)26-27(21)20-6-4-3-5-18(20)25/h3-13,21H,14H2,1-2H3/t21-/m0/s1. The zero-order chi connectivity index (χ0) is 20.4. The van der Waals surface area contributed by atoms with Gasteiger partial charge in [0.1, 0.15) is 5.82 Å². The van der Waals surface area contributed by atoms with Crippen molar-refractivity contribution in [2.45, 2.75) is 12.5 Å². The van der Waals surface area contributed by atoms with Gasteiger partial charge in [0.05, 0.1) is 31.7 Å². The maximum absolute atomic E-state index is 14.6. The molecule has 4 rings (SSSR count). The van der Waals surface area contributed by atoms with Crippen LogP contribution in [0.4, 0.5) is 10.1 Å². The lowest BCUT2D eigenvalue weighted by molar-refractivity contribution is 0.354. The van der Waals surface area contributed by atoms with E-state index in [9.17, 15) is 4.39 Å². The molecular weight excluding hydrogens is 435 g/mol. The summed E-state index contributed by atoms with van der Waals surface area (Å²) in [7, 11) is 3.21. The van der Waals surface area contributed by atoms with Crippen LogP contribution in [0.15, 0.2) is 76.3 Å². The molecule has 0 aliphatic carbocycles. The first-order valence-corrected chi connectivity index (χ1v) is 9.99. The Hall–Kier alpha value is -2.86. The van der Waals surface area contributed by atoms with E-state index in [1.165, 1.54) is 6.07 Å². The van der Waals surface area contributed by atoms with Gasteiger partial charge in [0.25, 0.3) is 0 Å². The molecule has 0 saturated heterocycles. The van der Waals surface area contributed by atoms with Crippen molar-refractivity contribution in [2.24, 2.45) is 5.10 Å². The van der Waals surface area contributed by atoms with Crippen molar-refractivity contribution >= 4 is 27.3 Å². The molecule has 0 unspecified atom stereocenters. The minimum atomic E-state index is -0.307. The fraction of sp³-hybridized carbons (Fsp3) is 0.174. The van der Waals surface area contributed by atoms with E-state index >= 15 is 0 Å². The van der Waals surface area contributed by atoms with Crippen molar-refractivity contribution < 1.29 is 13.9 Å². The first-order chi connectivity index (χ1) is 14.1. The van der Waals surface area contributed by atoms with Gasteiger partial charge in [0.2, 0.25) is 0 Å². The highest BCUT2D eigenvalue weighted by Crippen LogP contribution is 2.40. The van der Waals surface area contributed by atoms with Crippen LogP contribution >= 0.6 is 15.9 Å². The summed E-state index contributed by atoms with van der Waals surface area (Å²) in [5.41, 5.74) is 3.33. The van der Waals surface area contributed by atoms with Gasteiger partial charge >= 0.3 is 0 Å². The molecular formula is C23H20BrFN2O2. The SMILES string of the molecule is COc1ccc([C@@H]2CC(c3ccc(Br)cc3)=NN2c2ccccc2F)cc1OC. The number of hydrogen-bond donors (Lipinski definition) is 0. The average Bonchev–Trinajstić information content (AvgIpc) is 3.19. The molecule has 0 bridgehead atoms. The van der Waals surface area contributed by atoms with Crippen LogP contribution in [-0.2, 0) is 0 Å². The van der Waals surface area contributed by atoms with Crippen LogP contribution in [0.2, 0.25) is 0 Å². The maximum Gasteiger partial charge on any atom is 0.161 e. The van der Waals surface area contributed by atoms with E-state index in [2.05, 4.69) is 15.9 Å². The molecule has 0 N–H and O–H groups in total. The second kappa shape index (κ2) is 8.25. The molecule has 3 aromatic rings. The van der Waals surface area contributed by atoms with Gasteiger partial charge in [-0.1, -0.05) is 46.3 Å². The van der Waals surface area contributed by atoms with Crippen LogP contribution in [0, 0.1) is 5.82 Å². The molecule has 0 fully saturated rings. The molecule has 6 heteroatoms. The van der Waals surface area contributed by atoms with Crippen molar-refractivity contribution in [3.05, 3.63) is 88.1 Å². The Morgan fingerprint density at radius 2 is 1.69 bits per heavy atom. The Morgan fingerprint density at radius 3 is 2.38 bits per heavy atom. The van der Waals surface area contributed by atoms with Crippen LogP contribution in [-0.4, -0.2) is 19.9 Å². The molecule has 1 atom stereocenters. The largest absolute Gasteiger partial charge is 0.493 e. The molecule has 0 saturated carbocycles. The predicted molar refractivity (Wildman–Crippen MR) is 116 cm³/mol. The summed E-state index contributed by atoms with van der Waals surface area (Å²) in [6.45, 7) is 0. The third-order valence-corrected chi connectivity index (χ3v) is 5.51. The van der Waals surface area contributed by atoms with E-state index in [4.69, 9.17) is 14.6 Å². The molecule has 3 aromatic carbocycles. The van der Waals surface area contributed by atoms with Crippen LogP contribution < -0.4 is 14.5 Å². The molecule has 1 aliphatic rings. The van der Waals surface area contributed by atoms with Crippen molar-refractivity contribution in [1.82, 2.24) is 0 Å². The Bertz CT molecular complexity index is 1050. The maximum atomic E-state index is 14.6. The van der Waals surface area contributed by atoms with Crippen molar-refractivity contribution in [2.75, 3.05) is 19.2 Å². The number of nitrogens with zero attached hydrogens (tertiary/aromatic N) is 2. The number of anilines is 1.